The summed E-state index contributed by atoms with van der Waals surface area (Å²) in [7, 11) is 1.73. The van der Waals surface area contributed by atoms with Gasteiger partial charge in [-0.05, 0) is 37.3 Å². The molecule has 1 N–H and O–H groups in total. The highest BCUT2D eigenvalue weighted by Crippen LogP contribution is 2.38. The largest absolute Gasteiger partial charge is 0.493 e. The van der Waals surface area contributed by atoms with Gasteiger partial charge < -0.3 is 9.67 Å². The van der Waals surface area contributed by atoms with Crippen LogP contribution >= 0.6 is 23.4 Å². The molecule has 1 amide bonds. The van der Waals surface area contributed by atoms with Crippen molar-refractivity contribution < 1.29 is 9.90 Å². The van der Waals surface area contributed by atoms with Crippen LogP contribution in [-0.4, -0.2) is 20.8 Å². The fourth-order valence-electron chi connectivity index (χ4n) is 2.41. The first-order chi connectivity index (χ1) is 12.0. The van der Waals surface area contributed by atoms with Crippen LogP contribution in [0.2, 0.25) is 5.02 Å². The van der Waals surface area contributed by atoms with Crippen molar-refractivity contribution in [3.8, 4) is 5.88 Å². The number of aryl methyl sites for hydroxylation is 1. The van der Waals surface area contributed by atoms with Gasteiger partial charge in [-0.2, -0.15) is 0 Å². The van der Waals surface area contributed by atoms with Crippen LogP contribution in [0.15, 0.2) is 63.7 Å². The van der Waals surface area contributed by atoms with E-state index in [4.69, 9.17) is 11.6 Å². The molecule has 25 heavy (non-hydrogen) atoms. The Labute approximate surface area is 154 Å². The van der Waals surface area contributed by atoms with Gasteiger partial charge in [-0.3, -0.25) is 4.79 Å². The average molecular weight is 374 g/mol. The smallest absolute Gasteiger partial charge is 0.277 e. The number of aromatic nitrogens is 1. The summed E-state index contributed by atoms with van der Waals surface area (Å²) in [4.78, 5) is 13.2. The van der Waals surface area contributed by atoms with Crippen molar-refractivity contribution in [3.05, 3.63) is 53.6 Å². The summed E-state index contributed by atoms with van der Waals surface area (Å²) in [6, 6.07) is 14.7. The first-order valence-electron chi connectivity index (χ1n) is 7.61. The summed E-state index contributed by atoms with van der Waals surface area (Å²) in [6.45, 7) is 1.77. The first kappa shape index (κ1) is 17.5. The van der Waals surface area contributed by atoms with Gasteiger partial charge in [0.05, 0.1) is 10.8 Å². The van der Waals surface area contributed by atoms with Crippen molar-refractivity contribution in [1.82, 2.24) is 4.57 Å². The monoisotopic (exact) mass is 373 g/mol. The minimum atomic E-state index is -0.401. The van der Waals surface area contributed by atoms with Crippen molar-refractivity contribution in [2.45, 2.75) is 17.1 Å². The molecule has 3 aromatic rings. The van der Waals surface area contributed by atoms with Crippen LogP contribution < -0.4 is 0 Å². The molecule has 128 valence electrons. The molecular formula is C18H16ClN3O2S. The molecule has 0 spiro atoms. The highest BCUT2D eigenvalue weighted by Gasteiger charge is 2.17. The summed E-state index contributed by atoms with van der Waals surface area (Å²) < 4.78 is 1.61. The van der Waals surface area contributed by atoms with Crippen LogP contribution in [0, 0.1) is 0 Å². The number of benzene rings is 2. The summed E-state index contributed by atoms with van der Waals surface area (Å²) in [6.07, 6.45) is 0. The zero-order valence-electron chi connectivity index (χ0n) is 13.7. The number of halogens is 1. The van der Waals surface area contributed by atoms with E-state index in [9.17, 15) is 9.90 Å². The molecule has 0 fully saturated rings. The number of hydrogen-bond acceptors (Lipinski definition) is 4. The average Bonchev–Trinajstić information content (AvgIpc) is 2.86. The Morgan fingerprint density at radius 3 is 2.60 bits per heavy atom. The highest BCUT2D eigenvalue weighted by molar-refractivity contribution is 8.00. The minimum absolute atomic E-state index is 0.0178. The number of carbonyl (C=O) groups excluding carboxylic acids is 1. The van der Waals surface area contributed by atoms with E-state index < -0.39 is 5.25 Å². The Hall–Kier alpha value is -2.31. The second kappa shape index (κ2) is 7.29. The lowest BCUT2D eigenvalue weighted by atomic mass is 10.2. The zero-order chi connectivity index (χ0) is 18.0. The van der Waals surface area contributed by atoms with E-state index in [1.165, 1.54) is 11.8 Å². The Morgan fingerprint density at radius 2 is 1.88 bits per heavy atom. The SMILES string of the molecule is C[C@@H](Sc1ccc(Cl)cc1)C(=O)N=Nc1c(O)n(C)c2ccccc12. The quantitative estimate of drug-likeness (QED) is 0.496. The Morgan fingerprint density at radius 1 is 1.20 bits per heavy atom. The van der Waals surface area contributed by atoms with Crippen LogP contribution in [0.5, 0.6) is 5.88 Å². The number of carbonyl (C=O) groups is 1. The van der Waals surface area contributed by atoms with E-state index in [1.807, 2.05) is 36.4 Å². The Kier molecular flexibility index (Phi) is 5.11. The molecule has 0 saturated carbocycles. The number of hydrogen-bond donors (Lipinski definition) is 1. The van der Waals surface area contributed by atoms with E-state index in [0.29, 0.717) is 10.7 Å². The maximum absolute atomic E-state index is 12.2. The van der Waals surface area contributed by atoms with E-state index in [1.54, 1.807) is 30.7 Å². The van der Waals surface area contributed by atoms with Crippen LogP contribution in [0.1, 0.15) is 6.92 Å². The van der Waals surface area contributed by atoms with Gasteiger partial charge in [0.1, 0.15) is 0 Å². The van der Waals surface area contributed by atoms with Crippen LogP contribution in [0.3, 0.4) is 0 Å². The normalized spacial score (nSPS) is 12.8. The molecule has 7 heteroatoms. The number of fused-ring (bicyclic) bond motifs is 1. The number of nitrogens with zero attached hydrogens (tertiary/aromatic N) is 3. The number of aromatic hydroxyl groups is 1. The van der Waals surface area contributed by atoms with E-state index in [-0.39, 0.29) is 11.8 Å². The lowest BCUT2D eigenvalue weighted by Gasteiger charge is -2.06. The molecule has 0 saturated heterocycles. The van der Waals surface area contributed by atoms with Crippen molar-refractivity contribution in [1.29, 1.82) is 0 Å². The molecule has 0 aliphatic heterocycles. The van der Waals surface area contributed by atoms with E-state index in [2.05, 4.69) is 10.2 Å². The van der Waals surface area contributed by atoms with Gasteiger partial charge in [0, 0.05) is 22.4 Å². The molecule has 2 aromatic carbocycles. The summed E-state index contributed by atoms with van der Waals surface area (Å²) in [5.74, 6) is -0.386. The third kappa shape index (κ3) is 3.70. The van der Waals surface area contributed by atoms with Crippen LogP contribution in [0.25, 0.3) is 10.9 Å². The topological polar surface area (TPSA) is 66.9 Å². The molecule has 0 bridgehead atoms. The second-order valence-corrected chi connectivity index (χ2v) is 7.35. The fourth-order valence-corrected chi connectivity index (χ4v) is 3.38. The predicted molar refractivity (Wildman–Crippen MR) is 101 cm³/mol. The molecule has 0 aliphatic rings. The standard InChI is InChI=1S/C18H16ClN3O2S/c1-11(25-13-9-7-12(19)8-10-13)17(23)21-20-16-14-5-3-4-6-15(14)22(2)18(16)24/h3-11,24H,1-2H3/t11-/m1/s1. The van der Waals surface area contributed by atoms with Gasteiger partial charge in [-0.25, -0.2) is 0 Å². The molecule has 1 aromatic heterocycles. The van der Waals surface area contributed by atoms with Crippen LogP contribution in [0.4, 0.5) is 5.69 Å². The van der Waals surface area contributed by atoms with E-state index in [0.717, 1.165) is 15.8 Å². The van der Waals surface area contributed by atoms with Gasteiger partial charge in [0.15, 0.2) is 5.69 Å². The summed E-state index contributed by atoms with van der Waals surface area (Å²) >= 11 is 7.24. The highest BCUT2D eigenvalue weighted by atomic mass is 35.5. The number of azo groups is 1. The van der Waals surface area contributed by atoms with Gasteiger partial charge in [-0.1, -0.05) is 29.8 Å². The van der Waals surface area contributed by atoms with Crippen LogP contribution in [-0.2, 0) is 11.8 Å². The van der Waals surface area contributed by atoms with Crippen molar-refractivity contribution >= 4 is 45.9 Å². The van der Waals surface area contributed by atoms with Gasteiger partial charge >= 0.3 is 0 Å². The number of thioether (sulfide) groups is 1. The third-order valence-corrected chi connectivity index (χ3v) is 5.12. The Balaban J connectivity index is 1.78. The number of rotatable bonds is 4. The molecule has 3 rings (SSSR count). The van der Waals surface area contributed by atoms with E-state index >= 15 is 0 Å². The van der Waals surface area contributed by atoms with Crippen molar-refractivity contribution in [3.63, 3.8) is 0 Å². The molecule has 1 heterocycles. The predicted octanol–water partition coefficient (Wildman–Crippen LogP) is 5.33. The van der Waals surface area contributed by atoms with Crippen molar-refractivity contribution in [2.24, 2.45) is 17.3 Å². The van der Waals surface area contributed by atoms with Gasteiger partial charge in [0.25, 0.3) is 5.91 Å². The van der Waals surface area contributed by atoms with Gasteiger partial charge in [-0.15, -0.1) is 22.0 Å². The summed E-state index contributed by atoms with van der Waals surface area (Å²) in [5.41, 5.74) is 1.13. The lowest BCUT2D eigenvalue weighted by molar-refractivity contribution is -0.117. The first-order valence-corrected chi connectivity index (χ1v) is 8.87. The maximum atomic E-state index is 12.2. The third-order valence-electron chi connectivity index (χ3n) is 3.77. The van der Waals surface area contributed by atoms with Gasteiger partial charge in [0.2, 0.25) is 5.88 Å². The lowest BCUT2D eigenvalue weighted by Crippen LogP contribution is -2.09. The zero-order valence-corrected chi connectivity index (χ0v) is 15.3. The second-order valence-electron chi connectivity index (χ2n) is 5.50. The molecule has 1 atom stereocenters. The Bertz CT molecular complexity index is 951. The number of amides is 1. The molecular weight excluding hydrogens is 358 g/mol. The fraction of sp³-hybridized carbons (Fsp3) is 0.167. The molecule has 5 nitrogen and oxygen atoms in total. The molecule has 0 aliphatic carbocycles. The summed E-state index contributed by atoms with van der Waals surface area (Å²) in [5, 5.41) is 19.0. The minimum Gasteiger partial charge on any atom is -0.493 e. The van der Waals surface area contributed by atoms with Crippen molar-refractivity contribution in [2.75, 3.05) is 0 Å². The molecule has 0 radical (unpaired) electrons. The molecule has 0 unspecified atom stereocenters. The number of para-hydroxylation sites is 1. The maximum Gasteiger partial charge on any atom is 0.277 e.